The Kier molecular flexibility index (Phi) is 4.97. The molecule has 1 aliphatic heterocycles. The summed E-state index contributed by atoms with van der Waals surface area (Å²) in [6.45, 7) is 4.47. The number of hydrogen-bond donors (Lipinski definition) is 4. The first kappa shape index (κ1) is 16.6. The molecule has 122 valence electrons. The van der Waals surface area contributed by atoms with E-state index in [-0.39, 0.29) is 23.7 Å². The predicted octanol–water partition coefficient (Wildman–Crippen LogP) is 0.606. The van der Waals surface area contributed by atoms with Crippen molar-refractivity contribution in [3.05, 3.63) is 23.5 Å². The number of nitrogens with zero attached hydrogens (tertiary/aromatic N) is 1. The van der Waals surface area contributed by atoms with Crippen molar-refractivity contribution in [2.75, 3.05) is 18.4 Å². The fourth-order valence-corrected chi connectivity index (χ4v) is 2.47. The first-order valence-corrected chi connectivity index (χ1v) is 7.40. The molecule has 0 bridgehead atoms. The molecule has 0 aromatic carbocycles. The lowest BCUT2D eigenvalue weighted by molar-refractivity contribution is -0.00307. The van der Waals surface area contributed by atoms with E-state index >= 15 is 0 Å². The minimum Gasteiger partial charge on any atom is -0.387 e. The Labute approximate surface area is 129 Å². The molecule has 0 radical (unpaired) electrons. The van der Waals surface area contributed by atoms with Gasteiger partial charge in [0.15, 0.2) is 0 Å². The van der Waals surface area contributed by atoms with Crippen LogP contribution in [0.4, 0.5) is 10.1 Å². The molecule has 1 saturated heterocycles. The van der Waals surface area contributed by atoms with Gasteiger partial charge in [-0.2, -0.15) is 0 Å². The normalized spacial score (nSPS) is 19.9. The van der Waals surface area contributed by atoms with Crippen LogP contribution < -0.4 is 16.4 Å². The predicted molar refractivity (Wildman–Crippen MR) is 82.6 cm³/mol. The minimum atomic E-state index is -1.54. The molecule has 1 amide bonds. The van der Waals surface area contributed by atoms with Gasteiger partial charge in [-0.15, -0.1) is 0 Å². The van der Waals surface area contributed by atoms with Gasteiger partial charge >= 0.3 is 0 Å². The van der Waals surface area contributed by atoms with Crippen LogP contribution in [-0.4, -0.2) is 46.9 Å². The van der Waals surface area contributed by atoms with Gasteiger partial charge in [0, 0.05) is 25.2 Å². The number of carbonyl (C=O) groups is 1. The quantitative estimate of drug-likeness (QED) is 0.617. The van der Waals surface area contributed by atoms with Crippen LogP contribution >= 0.6 is 0 Å². The number of carbonyl (C=O) groups excluding carboxylic acids is 1. The number of primary amides is 1. The van der Waals surface area contributed by atoms with Crippen LogP contribution in [0.25, 0.3) is 0 Å². The van der Waals surface area contributed by atoms with Gasteiger partial charge in [0.05, 0.1) is 22.5 Å². The number of aliphatic hydroxyl groups is 1. The average Bonchev–Trinajstić information content (AvgIpc) is 2.90. The molecular formula is C15H23FN4O2. The van der Waals surface area contributed by atoms with Crippen LogP contribution in [0.15, 0.2) is 12.3 Å². The van der Waals surface area contributed by atoms with Gasteiger partial charge in [-0.1, -0.05) is 0 Å². The molecule has 1 aromatic rings. The van der Waals surface area contributed by atoms with Crippen molar-refractivity contribution in [3.8, 4) is 0 Å². The second kappa shape index (κ2) is 6.58. The Hall–Kier alpha value is -1.73. The lowest BCUT2D eigenvalue weighted by Gasteiger charge is -2.23. The van der Waals surface area contributed by atoms with E-state index in [0.717, 1.165) is 19.5 Å². The molecule has 22 heavy (non-hydrogen) atoms. The third-order valence-corrected chi connectivity index (χ3v) is 3.83. The molecule has 6 nitrogen and oxygen atoms in total. The highest BCUT2D eigenvalue weighted by Gasteiger charge is 2.29. The van der Waals surface area contributed by atoms with Crippen molar-refractivity contribution in [1.29, 1.82) is 0 Å². The number of anilines is 1. The second-order valence-electron chi connectivity index (χ2n) is 6.20. The molecule has 0 spiro atoms. The monoisotopic (exact) mass is 310 g/mol. The maximum Gasteiger partial charge on any atom is 0.252 e. The number of aromatic nitrogens is 1. The third-order valence-electron chi connectivity index (χ3n) is 3.83. The van der Waals surface area contributed by atoms with E-state index in [9.17, 15) is 14.3 Å². The zero-order valence-corrected chi connectivity index (χ0v) is 12.9. The molecule has 0 unspecified atom stereocenters. The first-order chi connectivity index (χ1) is 10.3. The Balaban J connectivity index is 2.27. The molecule has 5 N–H and O–H groups in total. The lowest BCUT2D eigenvalue weighted by Crippen LogP contribution is -2.35. The van der Waals surface area contributed by atoms with Gasteiger partial charge in [0.2, 0.25) is 0 Å². The van der Waals surface area contributed by atoms with Crippen molar-refractivity contribution in [1.82, 2.24) is 10.3 Å². The highest BCUT2D eigenvalue weighted by molar-refractivity contribution is 5.99. The number of hydrogen-bond acceptors (Lipinski definition) is 5. The lowest BCUT2D eigenvalue weighted by atomic mass is 9.96. The first-order valence-electron chi connectivity index (χ1n) is 7.40. The number of pyridine rings is 1. The van der Waals surface area contributed by atoms with Crippen molar-refractivity contribution in [3.63, 3.8) is 0 Å². The molecule has 1 fully saturated rings. The maximum atomic E-state index is 14.1. The largest absolute Gasteiger partial charge is 0.387 e. The van der Waals surface area contributed by atoms with Crippen molar-refractivity contribution in [2.45, 2.75) is 44.5 Å². The number of nitrogens with two attached hydrogens (primary N) is 1. The van der Waals surface area contributed by atoms with E-state index in [1.54, 1.807) is 6.07 Å². The summed E-state index contributed by atoms with van der Waals surface area (Å²) in [6, 6.07) is 1.86. The van der Waals surface area contributed by atoms with Crippen LogP contribution in [0.3, 0.4) is 0 Å². The third kappa shape index (κ3) is 3.92. The van der Waals surface area contributed by atoms with Crippen molar-refractivity contribution < 1.29 is 14.3 Å². The summed E-state index contributed by atoms with van der Waals surface area (Å²) in [5.41, 5.74) is 4.97. The summed E-state index contributed by atoms with van der Waals surface area (Å²) in [6.07, 6.45) is 0.746. The van der Waals surface area contributed by atoms with Crippen LogP contribution in [0.1, 0.15) is 36.3 Å². The van der Waals surface area contributed by atoms with E-state index in [1.165, 1.54) is 20.0 Å². The summed E-state index contributed by atoms with van der Waals surface area (Å²) in [7, 11) is 0. The molecular weight excluding hydrogens is 287 g/mol. The minimum absolute atomic E-state index is 0.166. The summed E-state index contributed by atoms with van der Waals surface area (Å²) in [4.78, 5) is 15.9. The van der Waals surface area contributed by atoms with Gasteiger partial charge in [-0.3, -0.25) is 9.78 Å². The molecule has 0 aliphatic carbocycles. The fourth-order valence-electron chi connectivity index (χ4n) is 2.47. The smallest absolute Gasteiger partial charge is 0.252 e. The summed E-state index contributed by atoms with van der Waals surface area (Å²) in [5, 5.41) is 16.2. The van der Waals surface area contributed by atoms with Gasteiger partial charge in [-0.05, 0) is 32.9 Å². The number of amides is 1. The Bertz CT molecular complexity index is 539. The average molecular weight is 310 g/mol. The Morgan fingerprint density at radius 3 is 2.95 bits per heavy atom. The van der Waals surface area contributed by atoms with Crippen LogP contribution in [0, 0.1) is 0 Å². The Morgan fingerprint density at radius 2 is 2.41 bits per heavy atom. The zero-order chi connectivity index (χ0) is 16.3. The summed E-state index contributed by atoms with van der Waals surface area (Å²) < 4.78 is 14.1. The number of rotatable bonds is 6. The zero-order valence-electron chi connectivity index (χ0n) is 12.9. The molecule has 7 heteroatoms. The van der Waals surface area contributed by atoms with E-state index in [1.807, 2.05) is 0 Å². The maximum absolute atomic E-state index is 14.1. The van der Waals surface area contributed by atoms with Gasteiger partial charge < -0.3 is 21.5 Å². The van der Waals surface area contributed by atoms with Crippen molar-refractivity contribution in [2.24, 2.45) is 5.73 Å². The summed E-state index contributed by atoms with van der Waals surface area (Å²) in [5.74, 6) is -0.653. The van der Waals surface area contributed by atoms with Gasteiger partial charge in [0.25, 0.3) is 5.91 Å². The fraction of sp³-hybridized carbons (Fsp3) is 0.600. The van der Waals surface area contributed by atoms with E-state index < -0.39 is 17.7 Å². The molecule has 0 saturated carbocycles. The van der Waals surface area contributed by atoms with Gasteiger partial charge in [0.1, 0.15) is 6.17 Å². The second-order valence-corrected chi connectivity index (χ2v) is 6.20. The molecule has 2 atom stereocenters. The standard InChI is InChI=1S/C15H23FN4O2/c1-15(2,22)12(16)7-11-13(14(17)21)10(4-6-19-11)20-9-3-5-18-8-9/h4,6,9,12,18,22H,3,5,7-8H2,1-2H3,(H2,17,21)(H,19,20)/t9-,12-/m1/s1. The van der Waals surface area contributed by atoms with Crippen LogP contribution in [-0.2, 0) is 6.42 Å². The van der Waals surface area contributed by atoms with E-state index in [4.69, 9.17) is 5.73 Å². The van der Waals surface area contributed by atoms with Crippen LogP contribution in [0.2, 0.25) is 0 Å². The van der Waals surface area contributed by atoms with Gasteiger partial charge in [-0.25, -0.2) is 4.39 Å². The SMILES string of the molecule is CC(C)(O)[C@H](F)Cc1nccc(N[C@@H]2CCNC2)c1C(N)=O. The molecule has 1 aromatic heterocycles. The number of alkyl halides is 1. The van der Waals surface area contributed by atoms with E-state index in [0.29, 0.717) is 5.69 Å². The molecule has 1 aliphatic rings. The van der Waals surface area contributed by atoms with E-state index in [2.05, 4.69) is 15.6 Å². The Morgan fingerprint density at radius 1 is 1.68 bits per heavy atom. The molecule has 2 heterocycles. The highest BCUT2D eigenvalue weighted by atomic mass is 19.1. The molecule has 2 rings (SSSR count). The number of halogens is 1. The summed E-state index contributed by atoms with van der Waals surface area (Å²) >= 11 is 0. The van der Waals surface area contributed by atoms with Crippen LogP contribution in [0.5, 0.6) is 0 Å². The topological polar surface area (TPSA) is 100 Å². The highest BCUT2D eigenvalue weighted by Crippen LogP contribution is 2.24. The van der Waals surface area contributed by atoms with Crippen molar-refractivity contribution >= 4 is 11.6 Å². The number of nitrogens with one attached hydrogen (secondary N) is 2.